The molecule has 164 valence electrons. The molecule has 0 amide bonds. The Bertz CT molecular complexity index is 1090. The highest BCUT2D eigenvalue weighted by Crippen LogP contribution is 2.36. The summed E-state index contributed by atoms with van der Waals surface area (Å²) >= 11 is 12.3. The van der Waals surface area contributed by atoms with Crippen LogP contribution in [0, 0.1) is 5.82 Å². The van der Waals surface area contributed by atoms with Gasteiger partial charge in [0.25, 0.3) is 0 Å². The first-order valence-electron chi connectivity index (χ1n) is 9.77. The molecule has 10 heteroatoms. The molecule has 0 spiro atoms. The summed E-state index contributed by atoms with van der Waals surface area (Å²) in [4.78, 5) is 4.20. The lowest BCUT2D eigenvalue weighted by atomic mass is 10.1. The highest BCUT2D eigenvalue weighted by atomic mass is 35.5. The van der Waals surface area contributed by atoms with Crippen LogP contribution in [-0.2, 0) is 6.54 Å². The number of ether oxygens (including phenoxy) is 1. The van der Waals surface area contributed by atoms with Crippen LogP contribution in [0.2, 0.25) is 10.0 Å². The van der Waals surface area contributed by atoms with Gasteiger partial charge in [-0.3, -0.25) is 4.68 Å². The van der Waals surface area contributed by atoms with E-state index in [2.05, 4.69) is 15.4 Å². The third-order valence-electron chi connectivity index (χ3n) is 5.21. The van der Waals surface area contributed by atoms with Crippen LogP contribution in [0.15, 0.2) is 36.8 Å². The van der Waals surface area contributed by atoms with Gasteiger partial charge in [-0.15, -0.1) is 0 Å². The first-order chi connectivity index (χ1) is 14.8. The monoisotopic (exact) mass is 467 g/mol. The topological polar surface area (TPSA) is 78.0 Å². The molecule has 0 unspecified atom stereocenters. The van der Waals surface area contributed by atoms with E-state index < -0.39 is 18.1 Å². The van der Waals surface area contributed by atoms with Gasteiger partial charge in [-0.05, 0) is 31.5 Å². The molecule has 2 aromatic heterocycles. The molecule has 3 N–H and O–H groups in total. The lowest BCUT2D eigenvalue weighted by Crippen LogP contribution is -2.26. The number of rotatable bonds is 6. The molecule has 1 aromatic carbocycles. The number of nitrogens with one attached hydrogen (secondary N) is 1. The van der Waals surface area contributed by atoms with Crippen molar-refractivity contribution >= 4 is 29.0 Å². The molecular formula is C21H21Cl2F2N5O. The maximum absolute atomic E-state index is 13.9. The van der Waals surface area contributed by atoms with Crippen LogP contribution in [0.1, 0.15) is 25.0 Å². The van der Waals surface area contributed by atoms with Gasteiger partial charge in [0.1, 0.15) is 18.1 Å². The number of hydrogen-bond donors (Lipinski definition) is 2. The van der Waals surface area contributed by atoms with Gasteiger partial charge in [-0.25, -0.2) is 13.8 Å². The molecule has 6 nitrogen and oxygen atoms in total. The van der Waals surface area contributed by atoms with Gasteiger partial charge in [-0.2, -0.15) is 5.10 Å². The van der Waals surface area contributed by atoms with Crippen molar-refractivity contribution in [2.24, 2.45) is 0 Å². The van der Waals surface area contributed by atoms with Crippen molar-refractivity contribution in [1.29, 1.82) is 0 Å². The second-order valence-corrected chi connectivity index (χ2v) is 8.30. The molecule has 0 bridgehead atoms. The molecule has 4 rings (SSSR count). The van der Waals surface area contributed by atoms with Crippen LogP contribution in [0.3, 0.4) is 0 Å². The van der Waals surface area contributed by atoms with Crippen LogP contribution in [0.25, 0.3) is 11.1 Å². The highest BCUT2D eigenvalue weighted by Gasteiger charge is 2.24. The Morgan fingerprint density at radius 2 is 2.13 bits per heavy atom. The van der Waals surface area contributed by atoms with Gasteiger partial charge in [0.15, 0.2) is 11.6 Å². The molecule has 0 saturated carbocycles. The fourth-order valence-electron chi connectivity index (χ4n) is 3.62. The number of alkyl halides is 1. The Balaban J connectivity index is 1.53. The van der Waals surface area contributed by atoms with E-state index in [1.807, 2.05) is 6.20 Å². The standard InChI is InChI=1S/C21H21Cl2F2N5O/c1-11(19-16(22)2-3-17(25)20(19)23)31-18-4-12(6-28-21(18)26)13-7-29-30(9-13)10-15-5-14(24)8-27-15/h2-4,6-7,9,11,14-15,27H,5,8,10H2,1H3,(H2,26,28)/t11-,14+,15+/m1/s1. The van der Waals surface area contributed by atoms with Crippen LogP contribution in [-0.4, -0.2) is 33.5 Å². The molecule has 1 fully saturated rings. The van der Waals surface area contributed by atoms with E-state index in [0.717, 1.165) is 11.1 Å². The van der Waals surface area contributed by atoms with E-state index in [9.17, 15) is 8.78 Å². The number of nitrogens with two attached hydrogens (primary N) is 1. The van der Waals surface area contributed by atoms with Crippen molar-refractivity contribution in [3.05, 3.63) is 58.2 Å². The summed E-state index contributed by atoms with van der Waals surface area (Å²) < 4.78 is 34.9. The van der Waals surface area contributed by atoms with Crippen molar-refractivity contribution < 1.29 is 13.5 Å². The van der Waals surface area contributed by atoms with Crippen molar-refractivity contribution in [3.63, 3.8) is 0 Å². The Kier molecular flexibility index (Phi) is 6.31. The zero-order chi connectivity index (χ0) is 22.1. The average molecular weight is 468 g/mol. The first kappa shape index (κ1) is 21.8. The Hall–Kier alpha value is -2.42. The maximum Gasteiger partial charge on any atom is 0.166 e. The normalized spacial score (nSPS) is 19.5. The number of nitrogens with zero attached hydrogens (tertiary/aromatic N) is 3. The average Bonchev–Trinajstić information content (AvgIpc) is 3.36. The minimum Gasteiger partial charge on any atom is -0.482 e. The molecule has 1 saturated heterocycles. The van der Waals surface area contributed by atoms with E-state index in [1.54, 1.807) is 30.1 Å². The first-order valence-corrected chi connectivity index (χ1v) is 10.5. The van der Waals surface area contributed by atoms with Crippen LogP contribution in [0.4, 0.5) is 14.6 Å². The van der Waals surface area contributed by atoms with Gasteiger partial charge < -0.3 is 15.8 Å². The maximum atomic E-state index is 13.9. The van der Waals surface area contributed by atoms with Crippen LogP contribution < -0.4 is 15.8 Å². The Morgan fingerprint density at radius 1 is 1.32 bits per heavy atom. The number of pyridine rings is 1. The largest absolute Gasteiger partial charge is 0.482 e. The number of benzene rings is 1. The zero-order valence-corrected chi connectivity index (χ0v) is 18.2. The smallest absolute Gasteiger partial charge is 0.166 e. The number of halogens is 4. The molecule has 3 aromatic rings. The van der Waals surface area contributed by atoms with Gasteiger partial charge in [0.2, 0.25) is 0 Å². The van der Waals surface area contributed by atoms with Crippen molar-refractivity contribution in [1.82, 2.24) is 20.1 Å². The van der Waals surface area contributed by atoms with Crippen LogP contribution in [0.5, 0.6) is 5.75 Å². The number of aromatic nitrogens is 3. The second-order valence-electron chi connectivity index (χ2n) is 7.51. The fraction of sp³-hybridized carbons (Fsp3) is 0.333. The second kappa shape index (κ2) is 8.98. The van der Waals surface area contributed by atoms with E-state index in [-0.39, 0.29) is 16.9 Å². The minimum atomic E-state index is -0.817. The highest BCUT2D eigenvalue weighted by molar-refractivity contribution is 6.36. The third kappa shape index (κ3) is 4.76. The fourth-order valence-corrected chi connectivity index (χ4v) is 4.30. The zero-order valence-electron chi connectivity index (χ0n) is 16.7. The minimum absolute atomic E-state index is 0.0489. The SMILES string of the molecule is C[C@@H](Oc1cc(-c2cnn(C[C@@H]3C[C@H](F)CN3)c2)cnc1N)c1c(Cl)ccc(F)c1Cl. The quantitative estimate of drug-likeness (QED) is 0.508. The summed E-state index contributed by atoms with van der Waals surface area (Å²) in [7, 11) is 0. The summed E-state index contributed by atoms with van der Waals surface area (Å²) in [5, 5.41) is 7.68. The van der Waals surface area contributed by atoms with E-state index in [4.69, 9.17) is 33.7 Å². The van der Waals surface area contributed by atoms with Crippen molar-refractivity contribution in [2.75, 3.05) is 12.3 Å². The predicted molar refractivity (Wildman–Crippen MR) is 117 cm³/mol. The number of anilines is 1. The lowest BCUT2D eigenvalue weighted by Gasteiger charge is -2.19. The third-order valence-corrected chi connectivity index (χ3v) is 5.93. The van der Waals surface area contributed by atoms with Gasteiger partial charge in [-0.1, -0.05) is 23.2 Å². The molecule has 3 atom stereocenters. The predicted octanol–water partition coefficient (Wildman–Crippen LogP) is 4.81. The van der Waals surface area contributed by atoms with Crippen LogP contribution >= 0.6 is 23.2 Å². The summed E-state index contributed by atoms with van der Waals surface area (Å²) in [5.74, 6) is -0.0951. The van der Waals surface area contributed by atoms with Crippen molar-refractivity contribution in [2.45, 2.75) is 38.2 Å². The molecule has 3 heterocycles. The summed E-state index contributed by atoms with van der Waals surface area (Å²) in [6, 6.07) is 4.40. The number of nitrogen functional groups attached to an aromatic ring is 1. The van der Waals surface area contributed by atoms with Gasteiger partial charge in [0, 0.05) is 46.7 Å². The van der Waals surface area contributed by atoms with Crippen molar-refractivity contribution in [3.8, 4) is 16.9 Å². The molecule has 0 aliphatic carbocycles. The molecule has 1 aliphatic rings. The Labute approximate surface area is 188 Å². The summed E-state index contributed by atoms with van der Waals surface area (Å²) in [5.41, 5.74) is 7.86. The van der Waals surface area contributed by atoms with E-state index in [0.29, 0.717) is 35.8 Å². The van der Waals surface area contributed by atoms with E-state index in [1.165, 1.54) is 12.1 Å². The summed E-state index contributed by atoms with van der Waals surface area (Å²) in [6.45, 7) is 2.64. The molecular weight excluding hydrogens is 447 g/mol. The van der Waals surface area contributed by atoms with Gasteiger partial charge in [0.05, 0.1) is 17.8 Å². The lowest BCUT2D eigenvalue weighted by molar-refractivity contribution is 0.227. The molecule has 0 radical (unpaired) electrons. The summed E-state index contributed by atoms with van der Waals surface area (Å²) in [6.07, 6.45) is 4.15. The molecule has 1 aliphatic heterocycles. The Morgan fingerprint density at radius 3 is 2.87 bits per heavy atom. The molecule has 31 heavy (non-hydrogen) atoms. The number of hydrogen-bond acceptors (Lipinski definition) is 5. The van der Waals surface area contributed by atoms with E-state index >= 15 is 0 Å². The van der Waals surface area contributed by atoms with Gasteiger partial charge >= 0.3 is 0 Å².